The first-order valence-electron chi connectivity index (χ1n) is 38.5. The molecule has 626 valence electrons. The molecule has 1 rings (SSSR count). The number of nitrogens with two attached hydrogens (primary N) is 7. The number of phenols is 1. The molecule has 0 saturated carbocycles. The molecular formula is C73H132N20O17. The van der Waals surface area contributed by atoms with Gasteiger partial charge in [0.05, 0.1) is 12.1 Å². The van der Waals surface area contributed by atoms with E-state index < -0.39 is 191 Å². The smallest absolute Gasteiger partial charge is 0.325 e. The van der Waals surface area contributed by atoms with Gasteiger partial charge in [-0.05, 0) is 212 Å². The molecule has 0 bridgehead atoms. The lowest BCUT2D eigenvalue weighted by atomic mass is 9.98. The lowest BCUT2D eigenvalue weighted by molar-refractivity contribution is -0.142. The molecule has 37 nitrogen and oxygen atoms in total. The normalized spacial score (nSPS) is 15.5. The number of carbonyl (C=O) groups is 14. The van der Waals surface area contributed by atoms with E-state index in [-0.39, 0.29) is 70.5 Å². The summed E-state index contributed by atoms with van der Waals surface area (Å²) in [6.45, 7) is 16.4. The van der Waals surface area contributed by atoms with E-state index in [1.54, 1.807) is 41.5 Å². The van der Waals surface area contributed by atoms with Crippen LogP contribution in [0, 0.1) is 17.8 Å². The Hall–Kier alpha value is -8.72. The van der Waals surface area contributed by atoms with Crippen molar-refractivity contribution in [3.63, 3.8) is 0 Å². The minimum absolute atomic E-state index is 0.0283. The summed E-state index contributed by atoms with van der Waals surface area (Å²) in [4.78, 5) is 194. The molecule has 1 aromatic carbocycles. The minimum Gasteiger partial charge on any atom is -0.508 e. The van der Waals surface area contributed by atoms with Gasteiger partial charge in [0.25, 0.3) is 0 Å². The van der Waals surface area contributed by atoms with Crippen molar-refractivity contribution in [2.24, 2.45) is 57.9 Å². The number of benzene rings is 1. The molecule has 0 aliphatic heterocycles. The number of nitrogens with one attached hydrogen (secondary N) is 13. The first-order chi connectivity index (χ1) is 51.9. The van der Waals surface area contributed by atoms with Crippen molar-refractivity contribution in [2.45, 2.75) is 282 Å². The fourth-order valence-corrected chi connectivity index (χ4v) is 11.3. The van der Waals surface area contributed by atoms with Crippen LogP contribution in [0.15, 0.2) is 24.3 Å². The number of carbonyl (C=O) groups excluding carboxylic acids is 13. The molecule has 1 aromatic rings. The van der Waals surface area contributed by atoms with Crippen LogP contribution in [-0.2, 0) is 73.5 Å². The van der Waals surface area contributed by atoms with E-state index in [0.717, 1.165) is 0 Å². The Morgan fingerprint density at radius 3 is 0.891 bits per heavy atom. The highest BCUT2D eigenvalue weighted by atomic mass is 16.4. The number of carboxylic acids is 1. The molecule has 0 saturated heterocycles. The van der Waals surface area contributed by atoms with Crippen molar-refractivity contribution in [2.75, 3.05) is 39.3 Å². The van der Waals surface area contributed by atoms with Crippen LogP contribution in [0.2, 0.25) is 0 Å². The van der Waals surface area contributed by atoms with Gasteiger partial charge in [-0.1, -0.05) is 60.1 Å². The molecule has 0 heterocycles. The summed E-state index contributed by atoms with van der Waals surface area (Å²) in [6.07, 6.45) is 4.43. The van der Waals surface area contributed by atoms with Gasteiger partial charge in [0.15, 0.2) is 0 Å². The van der Waals surface area contributed by atoms with Crippen molar-refractivity contribution in [3.05, 3.63) is 29.8 Å². The molecule has 13 amide bonds. The number of aliphatic hydroxyl groups excluding tert-OH is 1. The number of unbranched alkanes of at least 4 members (excludes halogenated alkanes) is 6. The largest absolute Gasteiger partial charge is 0.508 e. The first-order valence-corrected chi connectivity index (χ1v) is 38.5. The van der Waals surface area contributed by atoms with Gasteiger partial charge in [0.1, 0.15) is 84.3 Å². The van der Waals surface area contributed by atoms with Crippen LogP contribution in [0.5, 0.6) is 5.75 Å². The zero-order valence-corrected chi connectivity index (χ0v) is 66.0. The Balaban J connectivity index is 3.43. The zero-order valence-electron chi connectivity index (χ0n) is 66.0. The molecule has 0 unspecified atom stereocenters. The van der Waals surface area contributed by atoms with Crippen LogP contribution in [0.3, 0.4) is 0 Å². The maximum absolute atomic E-state index is 14.5. The Labute approximate surface area is 646 Å². The molecule has 0 aromatic heterocycles. The molecular weight excluding hydrogens is 1430 g/mol. The number of aliphatic carboxylic acids is 1. The Morgan fingerprint density at radius 2 is 0.545 bits per heavy atom. The van der Waals surface area contributed by atoms with Crippen LogP contribution in [-0.4, -0.2) is 228 Å². The maximum Gasteiger partial charge on any atom is 0.325 e. The van der Waals surface area contributed by atoms with E-state index in [9.17, 15) is 82.4 Å². The minimum atomic E-state index is -1.81. The topological polar surface area (TPSA) is 638 Å². The lowest BCUT2D eigenvalue weighted by Crippen LogP contribution is -2.62. The molecule has 0 radical (unpaired) electrons. The number of carboxylic acid groups (broad SMARTS) is 1. The van der Waals surface area contributed by atoms with E-state index in [2.05, 4.69) is 69.1 Å². The standard InChI is InChI=1S/C73H132N20O17/c1-40(2)56(92-71(107)58(42(5)6)90-67(103)54(28-16-22-38-79)87-65(101)52(26-14-20-36-77)86-64(100)51(25-13-19-35-76)84-62(98)49(80)23-11-17-33-74)69(105)82-43(7)60(96)81-44(8)61(97)93-59(46(10)94)72(108)89-55(39-47-29-31-48(95)32-30-47)68(104)91-57(41(3)4)70(106)88-53(27-15-21-37-78)66(102)85-50(24-12-18-34-75)63(99)83-45(9)73(109)110/h29-32,40-46,49-59,94-95H,11-28,33-39,74-80H2,1-10H3,(H,81,96)(H,82,105)(H,83,99)(H,84,98)(H,85,102)(H,86,100)(H,87,101)(H,88,106)(H,89,108)(H,90,103)(H,91,104)(H,92,107)(H,93,97)(H,109,110)/t43-,44-,45-,46+,49-,50-,51-,52-,53-,54-,55-,56-,57-,58-,59-/m0/s1. The van der Waals surface area contributed by atoms with Crippen LogP contribution < -0.4 is 109 Å². The van der Waals surface area contributed by atoms with Gasteiger partial charge < -0.3 is 125 Å². The third-order valence-corrected chi connectivity index (χ3v) is 18.3. The second kappa shape index (κ2) is 54.0. The van der Waals surface area contributed by atoms with E-state index in [1.807, 2.05) is 0 Å². The lowest BCUT2D eigenvalue weighted by Gasteiger charge is -2.30. The summed E-state index contributed by atoms with van der Waals surface area (Å²) in [6, 6.07) is -13.0. The van der Waals surface area contributed by atoms with Gasteiger partial charge in [-0.3, -0.25) is 67.1 Å². The van der Waals surface area contributed by atoms with Crippen molar-refractivity contribution in [3.8, 4) is 5.75 Å². The van der Waals surface area contributed by atoms with Gasteiger partial charge in [0.2, 0.25) is 76.8 Å². The second-order valence-electron chi connectivity index (χ2n) is 29.0. The average Bonchev–Trinajstić information content (AvgIpc) is 0.850. The highest BCUT2D eigenvalue weighted by Gasteiger charge is 2.39. The predicted octanol–water partition coefficient (Wildman–Crippen LogP) is -4.17. The summed E-state index contributed by atoms with van der Waals surface area (Å²) in [5.74, 6) is -14.1. The van der Waals surface area contributed by atoms with Crippen molar-refractivity contribution >= 4 is 82.8 Å². The fourth-order valence-electron chi connectivity index (χ4n) is 11.3. The maximum atomic E-state index is 14.5. The number of phenolic OH excluding ortho intramolecular Hbond substituents is 1. The summed E-state index contributed by atoms with van der Waals surface area (Å²) in [7, 11) is 0. The predicted molar refractivity (Wildman–Crippen MR) is 413 cm³/mol. The fraction of sp³-hybridized carbons (Fsp3) is 0.726. The van der Waals surface area contributed by atoms with Gasteiger partial charge in [-0.25, -0.2) is 0 Å². The summed E-state index contributed by atoms with van der Waals surface area (Å²) in [5.41, 5.74) is 40.9. The van der Waals surface area contributed by atoms with E-state index in [0.29, 0.717) is 102 Å². The first kappa shape index (κ1) is 99.3. The van der Waals surface area contributed by atoms with Crippen molar-refractivity contribution in [1.29, 1.82) is 0 Å². The molecule has 37 heteroatoms. The van der Waals surface area contributed by atoms with Crippen LogP contribution >= 0.6 is 0 Å². The van der Waals surface area contributed by atoms with Crippen molar-refractivity contribution in [1.82, 2.24) is 69.1 Å². The summed E-state index contributed by atoms with van der Waals surface area (Å²) in [5, 5.41) is 64.3. The average molecular weight is 1560 g/mol. The second-order valence-corrected chi connectivity index (χ2v) is 29.0. The van der Waals surface area contributed by atoms with Crippen LogP contribution in [0.25, 0.3) is 0 Å². The number of aromatic hydroxyl groups is 1. The van der Waals surface area contributed by atoms with Gasteiger partial charge in [0, 0.05) is 6.42 Å². The zero-order chi connectivity index (χ0) is 83.3. The Kier molecular flexibility index (Phi) is 48.8. The number of amides is 13. The van der Waals surface area contributed by atoms with Gasteiger partial charge in [-0.2, -0.15) is 0 Å². The Bertz CT molecular complexity index is 3060. The number of hydrogen-bond donors (Lipinski definition) is 23. The van der Waals surface area contributed by atoms with Gasteiger partial charge >= 0.3 is 5.97 Å². The van der Waals surface area contributed by atoms with Crippen LogP contribution in [0.4, 0.5) is 0 Å². The van der Waals surface area contributed by atoms with Crippen LogP contribution in [0.1, 0.15) is 190 Å². The third kappa shape index (κ3) is 37.8. The molecule has 0 spiro atoms. The monoisotopic (exact) mass is 1560 g/mol. The quantitative estimate of drug-likeness (QED) is 0.0275. The molecule has 15 atom stereocenters. The van der Waals surface area contributed by atoms with E-state index in [4.69, 9.17) is 40.1 Å². The highest BCUT2D eigenvalue weighted by Crippen LogP contribution is 2.17. The molecule has 0 aliphatic rings. The number of hydrogen-bond acceptors (Lipinski definition) is 23. The van der Waals surface area contributed by atoms with Gasteiger partial charge in [-0.15, -0.1) is 0 Å². The molecule has 30 N–H and O–H groups in total. The SMILES string of the molecule is CC(C)[C@H](NC(=O)[C@H](Cc1ccc(O)cc1)NC(=O)[C@@H](NC(=O)[C@H](C)NC(=O)[C@H](C)NC(=O)[C@@H](NC(=O)[C@@H](NC(=O)[C@H](CCCCN)NC(=O)[C@H](CCCCN)NC(=O)[C@H](CCCCN)NC(=O)[C@@H](N)CCCCN)C(C)C)C(C)C)[C@@H](C)O)C(=O)N[C@@H](CCCCN)C(=O)N[C@@H](CCCCN)C(=O)N[C@@H](C)C(=O)O. The highest BCUT2D eigenvalue weighted by molar-refractivity contribution is 6.00. The van der Waals surface area contributed by atoms with Crippen molar-refractivity contribution < 1.29 is 82.4 Å². The summed E-state index contributed by atoms with van der Waals surface area (Å²) < 4.78 is 0. The Morgan fingerprint density at radius 1 is 0.300 bits per heavy atom. The van der Waals surface area contributed by atoms with E-state index >= 15 is 0 Å². The molecule has 110 heavy (non-hydrogen) atoms. The molecule has 0 aliphatic carbocycles. The number of aliphatic hydroxyl groups is 1. The third-order valence-electron chi connectivity index (χ3n) is 18.3. The molecule has 0 fully saturated rings. The summed E-state index contributed by atoms with van der Waals surface area (Å²) >= 11 is 0. The number of rotatable bonds is 57. The van der Waals surface area contributed by atoms with E-state index in [1.165, 1.54) is 52.0 Å².